The molecule has 2 aromatic rings. The number of rotatable bonds is 2. The molecule has 4 nitrogen and oxygen atoms in total. The average molecular weight is 286 g/mol. The summed E-state index contributed by atoms with van der Waals surface area (Å²) in [6, 6.07) is 5.62. The molecule has 1 N–H and O–H groups in total. The molecule has 1 aliphatic heterocycles. The van der Waals surface area contributed by atoms with Crippen LogP contribution in [0.3, 0.4) is 0 Å². The third-order valence-corrected chi connectivity index (χ3v) is 3.64. The first kappa shape index (κ1) is 13.7. The minimum Gasteiger partial charge on any atom is -0.394 e. The zero-order valence-electron chi connectivity index (χ0n) is 11.6. The molecular weight excluding hydrogens is 271 g/mol. The van der Waals surface area contributed by atoms with Gasteiger partial charge in [0.05, 0.1) is 23.7 Å². The lowest BCUT2D eigenvalue weighted by molar-refractivity contribution is 0.0702. The van der Waals surface area contributed by atoms with Gasteiger partial charge in [-0.1, -0.05) is 12.2 Å². The smallest absolute Gasteiger partial charge is 0.255 e. The predicted molar refractivity (Wildman–Crippen MR) is 77.5 cm³/mol. The monoisotopic (exact) mass is 286 g/mol. The Hall–Kier alpha value is -2.27. The van der Waals surface area contributed by atoms with Crippen LogP contribution in [-0.4, -0.2) is 40.1 Å². The quantitative estimate of drug-likeness (QED) is 0.860. The largest absolute Gasteiger partial charge is 0.394 e. The Bertz CT molecular complexity index is 737. The van der Waals surface area contributed by atoms with E-state index in [4.69, 9.17) is 0 Å². The highest BCUT2D eigenvalue weighted by Gasteiger charge is 2.26. The molecule has 5 heteroatoms. The molecule has 0 bridgehead atoms. The zero-order chi connectivity index (χ0) is 15.0. The molecule has 1 amide bonds. The fraction of sp³-hybridized carbons (Fsp3) is 0.250. The van der Waals surface area contributed by atoms with E-state index in [1.54, 1.807) is 24.0 Å². The Labute approximate surface area is 121 Å². The molecule has 3 rings (SSSR count). The van der Waals surface area contributed by atoms with Crippen molar-refractivity contribution in [1.29, 1.82) is 0 Å². The number of aryl methyl sites for hydroxylation is 1. The molecule has 1 aliphatic rings. The van der Waals surface area contributed by atoms with Gasteiger partial charge in [0.1, 0.15) is 5.82 Å². The van der Waals surface area contributed by atoms with Gasteiger partial charge in [-0.05, 0) is 25.1 Å². The summed E-state index contributed by atoms with van der Waals surface area (Å²) in [5.41, 5.74) is 1.61. The first-order valence-electron chi connectivity index (χ1n) is 6.75. The molecule has 108 valence electrons. The third kappa shape index (κ3) is 2.40. The van der Waals surface area contributed by atoms with Gasteiger partial charge in [0.25, 0.3) is 5.91 Å². The fourth-order valence-corrected chi connectivity index (χ4v) is 2.63. The topological polar surface area (TPSA) is 53.4 Å². The highest BCUT2D eigenvalue weighted by molar-refractivity contribution is 6.06. The zero-order valence-corrected chi connectivity index (χ0v) is 11.6. The van der Waals surface area contributed by atoms with Crippen LogP contribution >= 0.6 is 0 Å². The number of nitrogens with zero attached hydrogens (tertiary/aromatic N) is 2. The number of aliphatic hydroxyl groups is 1. The van der Waals surface area contributed by atoms with Crippen molar-refractivity contribution in [2.24, 2.45) is 0 Å². The highest BCUT2D eigenvalue weighted by atomic mass is 19.1. The SMILES string of the molecule is Cc1cc(C(=O)N2CC=C[C@@H]2CO)c2ccc(F)cc2n1. The minimum atomic E-state index is -0.380. The number of hydrogen-bond donors (Lipinski definition) is 1. The van der Waals surface area contributed by atoms with Crippen molar-refractivity contribution in [2.75, 3.05) is 13.2 Å². The first-order valence-corrected chi connectivity index (χ1v) is 6.75. The molecule has 0 unspecified atom stereocenters. The molecule has 21 heavy (non-hydrogen) atoms. The molecular formula is C16H15FN2O2. The molecule has 0 saturated heterocycles. The van der Waals surface area contributed by atoms with E-state index in [1.807, 2.05) is 12.2 Å². The minimum absolute atomic E-state index is 0.112. The second kappa shape index (κ2) is 5.26. The Morgan fingerprint density at radius 1 is 1.48 bits per heavy atom. The van der Waals surface area contributed by atoms with Crippen LogP contribution in [0.15, 0.2) is 36.4 Å². The van der Waals surface area contributed by atoms with E-state index in [0.29, 0.717) is 28.7 Å². The molecule has 1 atom stereocenters. The van der Waals surface area contributed by atoms with E-state index in [2.05, 4.69) is 4.98 Å². The van der Waals surface area contributed by atoms with Crippen LogP contribution in [0.5, 0.6) is 0 Å². The standard InChI is InChI=1S/C16H15FN2O2/c1-10-7-14(13-5-4-11(17)8-15(13)18-10)16(21)19-6-2-3-12(19)9-20/h2-5,7-8,12,20H,6,9H2,1H3/t12-/m1/s1. The maximum absolute atomic E-state index is 13.3. The molecule has 0 fully saturated rings. The van der Waals surface area contributed by atoms with Crippen LogP contribution in [0, 0.1) is 12.7 Å². The number of halogens is 1. The molecule has 0 radical (unpaired) electrons. The third-order valence-electron chi connectivity index (χ3n) is 3.64. The van der Waals surface area contributed by atoms with E-state index < -0.39 is 0 Å². The molecule has 0 aliphatic carbocycles. The predicted octanol–water partition coefficient (Wildman–Crippen LogP) is 2.06. The van der Waals surface area contributed by atoms with E-state index >= 15 is 0 Å². The number of benzene rings is 1. The summed E-state index contributed by atoms with van der Waals surface area (Å²) in [7, 11) is 0. The van der Waals surface area contributed by atoms with Gasteiger partial charge in [-0.3, -0.25) is 9.78 Å². The van der Waals surface area contributed by atoms with E-state index in [0.717, 1.165) is 0 Å². The lowest BCUT2D eigenvalue weighted by Gasteiger charge is -2.23. The van der Waals surface area contributed by atoms with Gasteiger partial charge in [0, 0.05) is 23.7 Å². The van der Waals surface area contributed by atoms with Gasteiger partial charge >= 0.3 is 0 Å². The van der Waals surface area contributed by atoms with Gasteiger partial charge in [-0.2, -0.15) is 0 Å². The molecule has 0 spiro atoms. The fourth-order valence-electron chi connectivity index (χ4n) is 2.63. The maximum Gasteiger partial charge on any atom is 0.255 e. The van der Waals surface area contributed by atoms with E-state index in [9.17, 15) is 14.3 Å². The van der Waals surface area contributed by atoms with Crippen molar-refractivity contribution < 1.29 is 14.3 Å². The molecule has 1 aromatic carbocycles. The van der Waals surface area contributed by atoms with E-state index in [1.165, 1.54) is 12.1 Å². The summed E-state index contributed by atoms with van der Waals surface area (Å²) in [4.78, 5) is 18.6. The van der Waals surface area contributed by atoms with Crippen molar-refractivity contribution in [2.45, 2.75) is 13.0 Å². The highest BCUT2D eigenvalue weighted by Crippen LogP contribution is 2.23. The van der Waals surface area contributed by atoms with Gasteiger partial charge < -0.3 is 10.0 Å². The summed E-state index contributed by atoms with van der Waals surface area (Å²) in [5, 5.41) is 9.95. The number of fused-ring (bicyclic) bond motifs is 1. The Morgan fingerprint density at radius 3 is 3.05 bits per heavy atom. The summed E-state index contributed by atoms with van der Waals surface area (Å²) in [5.74, 6) is -0.559. The van der Waals surface area contributed by atoms with Crippen molar-refractivity contribution in [3.05, 3.63) is 53.5 Å². The van der Waals surface area contributed by atoms with Crippen LogP contribution in [0.4, 0.5) is 4.39 Å². The maximum atomic E-state index is 13.3. The van der Waals surface area contributed by atoms with Crippen LogP contribution in [0.25, 0.3) is 10.9 Å². The number of aromatic nitrogens is 1. The summed E-state index contributed by atoms with van der Waals surface area (Å²) >= 11 is 0. The van der Waals surface area contributed by atoms with Crippen molar-refractivity contribution >= 4 is 16.8 Å². The van der Waals surface area contributed by atoms with Crippen LogP contribution in [0.2, 0.25) is 0 Å². The number of pyridine rings is 1. The average Bonchev–Trinajstić information content (AvgIpc) is 2.93. The van der Waals surface area contributed by atoms with Gasteiger partial charge in [-0.15, -0.1) is 0 Å². The number of aliphatic hydroxyl groups excluding tert-OH is 1. The Kier molecular flexibility index (Phi) is 3.43. The lowest BCUT2D eigenvalue weighted by atomic mass is 10.1. The molecule has 1 aromatic heterocycles. The molecule has 0 saturated carbocycles. The lowest BCUT2D eigenvalue weighted by Crippen LogP contribution is -2.38. The van der Waals surface area contributed by atoms with Gasteiger partial charge in [0.2, 0.25) is 0 Å². The van der Waals surface area contributed by atoms with Gasteiger partial charge in [0.15, 0.2) is 0 Å². The van der Waals surface area contributed by atoms with Crippen LogP contribution < -0.4 is 0 Å². The van der Waals surface area contributed by atoms with Crippen molar-refractivity contribution in [1.82, 2.24) is 9.88 Å². The van der Waals surface area contributed by atoms with E-state index in [-0.39, 0.29) is 24.4 Å². The summed E-state index contributed by atoms with van der Waals surface area (Å²) in [6.07, 6.45) is 3.67. The summed E-state index contributed by atoms with van der Waals surface area (Å²) in [6.45, 7) is 2.12. The Morgan fingerprint density at radius 2 is 2.29 bits per heavy atom. The number of carbonyl (C=O) groups excluding carboxylic acids is 1. The summed E-state index contributed by atoms with van der Waals surface area (Å²) < 4.78 is 13.3. The second-order valence-electron chi connectivity index (χ2n) is 5.11. The first-order chi connectivity index (χ1) is 10.1. The van der Waals surface area contributed by atoms with Gasteiger partial charge in [-0.25, -0.2) is 4.39 Å². The molecule has 2 heterocycles. The second-order valence-corrected chi connectivity index (χ2v) is 5.11. The van der Waals surface area contributed by atoms with Crippen LogP contribution in [0.1, 0.15) is 16.1 Å². The number of amides is 1. The normalized spacial score (nSPS) is 17.7. The van der Waals surface area contributed by atoms with Crippen molar-refractivity contribution in [3.63, 3.8) is 0 Å². The van der Waals surface area contributed by atoms with Crippen molar-refractivity contribution in [3.8, 4) is 0 Å². The number of carbonyl (C=O) groups is 1. The number of hydrogen-bond acceptors (Lipinski definition) is 3. The Balaban J connectivity index is 2.09. The van der Waals surface area contributed by atoms with Crippen LogP contribution in [-0.2, 0) is 0 Å².